The lowest BCUT2D eigenvalue weighted by Gasteiger charge is -2.15. The monoisotopic (exact) mass is 314 g/mol. The first-order chi connectivity index (χ1) is 9.54. The maximum absolute atomic E-state index is 12.4. The summed E-state index contributed by atoms with van der Waals surface area (Å²) in [6, 6.07) is 3.56. The predicted molar refractivity (Wildman–Crippen MR) is 75.8 cm³/mol. The zero-order valence-corrected chi connectivity index (χ0v) is 12.5. The van der Waals surface area contributed by atoms with Gasteiger partial charge in [-0.15, -0.1) is 11.6 Å². The summed E-state index contributed by atoms with van der Waals surface area (Å²) in [5.41, 5.74) is 0.874. The van der Waals surface area contributed by atoms with Crippen LogP contribution in [0.15, 0.2) is 41.8 Å². The summed E-state index contributed by atoms with van der Waals surface area (Å²) in [7, 11) is -2.01. The van der Waals surface area contributed by atoms with Crippen molar-refractivity contribution in [3.05, 3.63) is 42.5 Å². The number of aromatic nitrogens is 3. The van der Waals surface area contributed by atoms with Gasteiger partial charge < -0.3 is 0 Å². The highest BCUT2D eigenvalue weighted by molar-refractivity contribution is 7.89. The molecule has 108 valence electrons. The van der Waals surface area contributed by atoms with Crippen LogP contribution in [0, 0.1) is 0 Å². The molecular formula is C12H15ClN4O2S. The van der Waals surface area contributed by atoms with Gasteiger partial charge in [-0.2, -0.15) is 9.40 Å². The van der Waals surface area contributed by atoms with Gasteiger partial charge in [0.1, 0.15) is 4.90 Å². The quantitative estimate of drug-likeness (QED) is 0.755. The Hall–Kier alpha value is -1.44. The van der Waals surface area contributed by atoms with Crippen molar-refractivity contribution < 1.29 is 8.42 Å². The summed E-state index contributed by atoms with van der Waals surface area (Å²) in [5.74, 6) is 0.383. The van der Waals surface area contributed by atoms with Gasteiger partial charge in [0.05, 0.1) is 12.7 Å². The van der Waals surface area contributed by atoms with Crippen LogP contribution in [0.2, 0.25) is 0 Å². The zero-order valence-electron chi connectivity index (χ0n) is 11.0. The van der Waals surface area contributed by atoms with E-state index in [9.17, 15) is 8.42 Å². The summed E-state index contributed by atoms with van der Waals surface area (Å²) < 4.78 is 27.6. The van der Waals surface area contributed by atoms with E-state index in [-0.39, 0.29) is 11.4 Å². The van der Waals surface area contributed by atoms with Gasteiger partial charge in [0.2, 0.25) is 10.0 Å². The highest BCUT2D eigenvalue weighted by Crippen LogP contribution is 2.15. The predicted octanol–water partition coefficient (Wildman–Crippen LogP) is 1.34. The van der Waals surface area contributed by atoms with Crippen LogP contribution in [0.5, 0.6) is 0 Å². The van der Waals surface area contributed by atoms with Gasteiger partial charge in [0, 0.05) is 38.1 Å². The van der Waals surface area contributed by atoms with Gasteiger partial charge in [0.15, 0.2) is 0 Å². The van der Waals surface area contributed by atoms with E-state index in [0.717, 1.165) is 5.56 Å². The van der Waals surface area contributed by atoms with E-state index < -0.39 is 10.0 Å². The Morgan fingerprint density at radius 1 is 1.35 bits per heavy atom. The smallest absolute Gasteiger partial charge is 0.246 e. The van der Waals surface area contributed by atoms with Crippen LogP contribution >= 0.6 is 11.6 Å². The van der Waals surface area contributed by atoms with Crippen molar-refractivity contribution in [2.45, 2.75) is 18.0 Å². The topological polar surface area (TPSA) is 68.1 Å². The SMILES string of the molecule is CN(Cc1ccncc1)S(=O)(=O)c1cnn(CCCl)c1. The second-order valence-corrected chi connectivity index (χ2v) is 6.67. The second kappa shape index (κ2) is 6.34. The average Bonchev–Trinajstić information content (AvgIpc) is 2.89. The number of alkyl halides is 1. The van der Waals surface area contributed by atoms with E-state index in [2.05, 4.69) is 10.1 Å². The molecule has 0 saturated heterocycles. The molecule has 0 aliphatic rings. The molecule has 2 aromatic rings. The molecule has 2 rings (SSSR count). The van der Waals surface area contributed by atoms with E-state index in [1.807, 2.05) is 0 Å². The molecule has 0 fully saturated rings. The van der Waals surface area contributed by atoms with Crippen molar-refractivity contribution in [2.24, 2.45) is 0 Å². The molecule has 0 aliphatic heterocycles. The first kappa shape index (κ1) is 15.0. The molecule has 0 radical (unpaired) electrons. The molecule has 2 aromatic heterocycles. The Bertz CT molecular complexity index is 657. The fourth-order valence-corrected chi connectivity index (χ4v) is 2.98. The Morgan fingerprint density at radius 2 is 2.05 bits per heavy atom. The van der Waals surface area contributed by atoms with E-state index in [1.54, 1.807) is 24.5 Å². The lowest BCUT2D eigenvalue weighted by molar-refractivity contribution is 0.466. The molecule has 0 amide bonds. The normalized spacial score (nSPS) is 11.9. The molecule has 0 aliphatic carbocycles. The first-order valence-corrected chi connectivity index (χ1v) is 7.95. The Morgan fingerprint density at radius 3 is 2.70 bits per heavy atom. The molecule has 20 heavy (non-hydrogen) atoms. The highest BCUT2D eigenvalue weighted by Gasteiger charge is 2.22. The number of hydrogen-bond acceptors (Lipinski definition) is 4. The number of nitrogens with zero attached hydrogens (tertiary/aromatic N) is 4. The average molecular weight is 315 g/mol. The van der Waals surface area contributed by atoms with Crippen LogP contribution in [0.1, 0.15) is 5.56 Å². The van der Waals surface area contributed by atoms with E-state index >= 15 is 0 Å². The fourth-order valence-electron chi connectivity index (χ4n) is 1.70. The molecule has 0 aromatic carbocycles. The second-order valence-electron chi connectivity index (χ2n) is 4.24. The molecule has 0 bridgehead atoms. The third-order valence-electron chi connectivity index (χ3n) is 2.79. The number of pyridine rings is 1. The van der Waals surface area contributed by atoms with Crippen molar-refractivity contribution in [2.75, 3.05) is 12.9 Å². The van der Waals surface area contributed by atoms with Crippen molar-refractivity contribution in [3.8, 4) is 0 Å². The maximum Gasteiger partial charge on any atom is 0.246 e. The Labute approximate surface area is 123 Å². The molecule has 0 unspecified atom stereocenters. The zero-order chi connectivity index (χ0) is 14.6. The van der Waals surface area contributed by atoms with Gasteiger partial charge in [0.25, 0.3) is 0 Å². The van der Waals surface area contributed by atoms with Crippen molar-refractivity contribution in [3.63, 3.8) is 0 Å². The van der Waals surface area contributed by atoms with Crippen LogP contribution in [-0.2, 0) is 23.1 Å². The van der Waals surface area contributed by atoms with Crippen LogP contribution in [0.3, 0.4) is 0 Å². The van der Waals surface area contributed by atoms with Crippen LogP contribution in [-0.4, -0.2) is 40.4 Å². The Kier molecular flexibility index (Phi) is 4.74. The van der Waals surface area contributed by atoms with Crippen LogP contribution in [0.25, 0.3) is 0 Å². The molecule has 0 atom stereocenters. The first-order valence-electron chi connectivity index (χ1n) is 5.97. The van der Waals surface area contributed by atoms with Crippen LogP contribution in [0.4, 0.5) is 0 Å². The Balaban J connectivity index is 2.16. The van der Waals surface area contributed by atoms with Crippen LogP contribution < -0.4 is 0 Å². The molecule has 8 heteroatoms. The number of aryl methyl sites for hydroxylation is 1. The maximum atomic E-state index is 12.4. The molecule has 0 spiro atoms. The van der Waals surface area contributed by atoms with Crippen molar-refractivity contribution >= 4 is 21.6 Å². The van der Waals surface area contributed by atoms with Gasteiger partial charge in [-0.1, -0.05) is 0 Å². The summed E-state index contributed by atoms with van der Waals surface area (Å²) in [4.78, 5) is 4.07. The number of halogens is 1. The largest absolute Gasteiger partial charge is 0.270 e. The minimum atomic E-state index is -3.55. The number of hydrogen-bond donors (Lipinski definition) is 0. The van der Waals surface area contributed by atoms with Gasteiger partial charge in [-0.3, -0.25) is 9.67 Å². The fraction of sp³-hybridized carbons (Fsp3) is 0.333. The summed E-state index contributed by atoms with van der Waals surface area (Å²) in [6.45, 7) is 0.761. The molecular weight excluding hydrogens is 300 g/mol. The van der Waals surface area contributed by atoms with E-state index in [4.69, 9.17) is 11.6 Å². The minimum Gasteiger partial charge on any atom is -0.270 e. The summed E-state index contributed by atoms with van der Waals surface area (Å²) in [5, 5.41) is 3.98. The molecule has 0 saturated carbocycles. The summed E-state index contributed by atoms with van der Waals surface area (Å²) >= 11 is 5.60. The van der Waals surface area contributed by atoms with E-state index in [1.165, 1.54) is 28.4 Å². The lowest BCUT2D eigenvalue weighted by atomic mass is 10.3. The molecule has 6 nitrogen and oxygen atoms in total. The van der Waals surface area contributed by atoms with Gasteiger partial charge in [-0.05, 0) is 17.7 Å². The standard InChI is InChI=1S/C12H15ClN4O2S/c1-16(9-11-2-5-14-6-3-11)20(18,19)12-8-15-17(10-12)7-4-13/h2-3,5-6,8,10H,4,7,9H2,1H3. The van der Waals surface area contributed by atoms with Gasteiger partial charge >= 0.3 is 0 Å². The molecule has 0 N–H and O–H groups in total. The summed E-state index contributed by atoms with van der Waals surface area (Å²) in [6.07, 6.45) is 6.09. The highest BCUT2D eigenvalue weighted by atomic mass is 35.5. The lowest BCUT2D eigenvalue weighted by Crippen LogP contribution is -2.26. The van der Waals surface area contributed by atoms with E-state index in [0.29, 0.717) is 12.4 Å². The minimum absolute atomic E-state index is 0.166. The third-order valence-corrected chi connectivity index (χ3v) is 4.71. The number of rotatable bonds is 6. The number of sulfonamides is 1. The van der Waals surface area contributed by atoms with Crippen molar-refractivity contribution in [1.29, 1.82) is 0 Å². The third kappa shape index (κ3) is 3.36. The van der Waals surface area contributed by atoms with Gasteiger partial charge in [-0.25, -0.2) is 8.42 Å². The van der Waals surface area contributed by atoms with Crippen molar-refractivity contribution in [1.82, 2.24) is 19.1 Å². The molecule has 2 heterocycles.